The number of ketones is 1. The number of nitrogens with zero attached hydrogens (tertiary/aromatic N) is 3. The van der Waals surface area contributed by atoms with Crippen LogP contribution in [0.4, 0.5) is 0 Å². The second-order valence-corrected chi connectivity index (χ2v) is 7.15. The Hall–Kier alpha value is -1.53. The van der Waals surface area contributed by atoms with Gasteiger partial charge in [-0.15, -0.1) is 5.10 Å². The molecule has 0 radical (unpaired) electrons. The van der Waals surface area contributed by atoms with E-state index >= 15 is 0 Å². The summed E-state index contributed by atoms with van der Waals surface area (Å²) in [7, 11) is 0. The molecule has 132 valence electrons. The molecule has 1 aromatic rings. The van der Waals surface area contributed by atoms with Crippen LogP contribution >= 0.6 is 0 Å². The lowest BCUT2D eigenvalue weighted by molar-refractivity contribution is -0.166. The van der Waals surface area contributed by atoms with Crippen LogP contribution in [-0.2, 0) is 20.8 Å². The van der Waals surface area contributed by atoms with E-state index in [0.29, 0.717) is 25.0 Å². The number of hydrogen-bond acceptors (Lipinski definition) is 5. The molecule has 1 saturated carbocycles. The monoisotopic (exact) mass is 333 g/mol. The van der Waals surface area contributed by atoms with Gasteiger partial charge in [0.05, 0.1) is 18.8 Å². The number of hydrogen-bond donors (Lipinski definition) is 0. The third-order valence-electron chi connectivity index (χ3n) is 4.69. The first-order valence-corrected chi connectivity index (χ1v) is 9.01. The van der Waals surface area contributed by atoms with Crippen molar-refractivity contribution in [3.8, 4) is 0 Å². The van der Waals surface area contributed by atoms with Crippen molar-refractivity contribution in [3.05, 3.63) is 24.0 Å². The maximum atomic E-state index is 12.1. The Morgan fingerprint density at radius 1 is 1.38 bits per heavy atom. The normalized spacial score (nSPS) is 25.0. The van der Waals surface area contributed by atoms with Crippen LogP contribution in [0.1, 0.15) is 57.6 Å². The number of aromatic nitrogens is 3. The predicted octanol–water partition coefficient (Wildman–Crippen LogP) is 2.85. The van der Waals surface area contributed by atoms with Gasteiger partial charge in [0, 0.05) is 12.1 Å². The van der Waals surface area contributed by atoms with Gasteiger partial charge in [-0.2, -0.15) is 0 Å². The fourth-order valence-corrected chi connectivity index (χ4v) is 3.18. The molecule has 24 heavy (non-hydrogen) atoms. The molecule has 2 atom stereocenters. The molecule has 6 nitrogen and oxygen atoms in total. The van der Waals surface area contributed by atoms with Gasteiger partial charge in [0.15, 0.2) is 12.1 Å². The molecule has 1 fully saturated rings. The van der Waals surface area contributed by atoms with E-state index in [-0.39, 0.29) is 5.78 Å². The van der Waals surface area contributed by atoms with E-state index in [1.54, 1.807) is 16.8 Å². The predicted molar refractivity (Wildman–Crippen MR) is 89.4 cm³/mol. The van der Waals surface area contributed by atoms with E-state index in [4.69, 9.17) is 9.47 Å². The van der Waals surface area contributed by atoms with Gasteiger partial charge in [-0.3, -0.25) is 4.79 Å². The molecule has 2 aliphatic rings. The summed E-state index contributed by atoms with van der Waals surface area (Å²) in [4.78, 5) is 12.1. The fraction of sp³-hybridized carbons (Fsp3) is 0.722. The standard InChI is InChI=1S/C18H27N3O3/c1-13(2)9-10-23-18-8-7-16(22)17(24-18)12-21-11-15(19-20-21)14-5-3-4-6-14/h7-8,11,13-14,17-18H,3-6,9-10,12H2,1-2H3/t17-,18+/m1/s1. The van der Waals surface area contributed by atoms with Crippen LogP contribution in [0.25, 0.3) is 0 Å². The Morgan fingerprint density at radius 3 is 2.92 bits per heavy atom. The summed E-state index contributed by atoms with van der Waals surface area (Å²) in [6.45, 7) is 5.31. The van der Waals surface area contributed by atoms with E-state index < -0.39 is 12.4 Å². The highest BCUT2D eigenvalue weighted by molar-refractivity contribution is 5.94. The summed E-state index contributed by atoms with van der Waals surface area (Å²) in [6.07, 6.45) is 10.1. The van der Waals surface area contributed by atoms with Crippen molar-refractivity contribution >= 4 is 5.78 Å². The second-order valence-electron chi connectivity index (χ2n) is 7.15. The largest absolute Gasteiger partial charge is 0.349 e. The van der Waals surface area contributed by atoms with Crippen LogP contribution < -0.4 is 0 Å². The zero-order valence-electron chi connectivity index (χ0n) is 14.6. The highest BCUT2D eigenvalue weighted by Crippen LogP contribution is 2.32. The number of rotatable bonds is 7. The van der Waals surface area contributed by atoms with Crippen molar-refractivity contribution in [2.24, 2.45) is 5.92 Å². The maximum absolute atomic E-state index is 12.1. The van der Waals surface area contributed by atoms with Crippen LogP contribution in [0, 0.1) is 5.92 Å². The molecule has 0 bridgehead atoms. The smallest absolute Gasteiger partial charge is 0.186 e. The Kier molecular flexibility index (Phi) is 5.79. The van der Waals surface area contributed by atoms with Crippen LogP contribution in [0.5, 0.6) is 0 Å². The summed E-state index contributed by atoms with van der Waals surface area (Å²) in [6, 6.07) is 0. The minimum Gasteiger partial charge on any atom is -0.349 e. The van der Waals surface area contributed by atoms with Gasteiger partial charge in [-0.25, -0.2) is 4.68 Å². The van der Waals surface area contributed by atoms with Gasteiger partial charge in [0.25, 0.3) is 0 Å². The van der Waals surface area contributed by atoms with Crippen molar-refractivity contribution < 1.29 is 14.3 Å². The van der Waals surface area contributed by atoms with Crippen molar-refractivity contribution in [2.45, 2.75) is 70.8 Å². The van der Waals surface area contributed by atoms with Crippen molar-refractivity contribution in [1.82, 2.24) is 15.0 Å². The van der Waals surface area contributed by atoms with Gasteiger partial charge >= 0.3 is 0 Å². The summed E-state index contributed by atoms with van der Waals surface area (Å²) < 4.78 is 13.2. The average Bonchev–Trinajstić information content (AvgIpc) is 3.21. The lowest BCUT2D eigenvalue weighted by Gasteiger charge is -2.25. The van der Waals surface area contributed by atoms with Crippen LogP contribution in [0.2, 0.25) is 0 Å². The molecule has 2 heterocycles. The first-order valence-electron chi connectivity index (χ1n) is 9.01. The molecule has 0 saturated heterocycles. The summed E-state index contributed by atoms with van der Waals surface area (Å²) in [5.74, 6) is 1.06. The summed E-state index contributed by atoms with van der Waals surface area (Å²) >= 11 is 0. The van der Waals surface area contributed by atoms with Gasteiger partial charge in [-0.05, 0) is 37.3 Å². The SMILES string of the molecule is CC(C)CCO[C@@H]1C=CC(=O)[C@@H](Cn2cc(C3CCCC3)nn2)O1. The first kappa shape index (κ1) is 17.3. The summed E-state index contributed by atoms with van der Waals surface area (Å²) in [5, 5.41) is 8.44. The minimum absolute atomic E-state index is 0.0448. The molecular weight excluding hydrogens is 306 g/mol. The zero-order chi connectivity index (χ0) is 16.9. The number of ether oxygens (including phenoxy) is 2. The summed E-state index contributed by atoms with van der Waals surface area (Å²) in [5.41, 5.74) is 1.04. The molecule has 1 aromatic heterocycles. The minimum atomic E-state index is -0.558. The lowest BCUT2D eigenvalue weighted by Crippen LogP contribution is -2.36. The Bertz CT molecular complexity index is 576. The quantitative estimate of drug-likeness (QED) is 0.767. The Balaban J connectivity index is 1.54. The molecule has 6 heteroatoms. The molecule has 1 aliphatic heterocycles. The van der Waals surface area contributed by atoms with E-state index in [9.17, 15) is 4.79 Å². The third-order valence-corrected chi connectivity index (χ3v) is 4.69. The van der Waals surface area contributed by atoms with Gasteiger partial charge < -0.3 is 9.47 Å². The van der Waals surface area contributed by atoms with Gasteiger partial charge in [0.1, 0.15) is 6.10 Å². The molecule has 0 aromatic carbocycles. The maximum Gasteiger partial charge on any atom is 0.186 e. The topological polar surface area (TPSA) is 66.2 Å². The van der Waals surface area contributed by atoms with E-state index in [1.165, 1.54) is 25.7 Å². The van der Waals surface area contributed by atoms with E-state index in [0.717, 1.165) is 12.1 Å². The zero-order valence-corrected chi connectivity index (χ0v) is 14.6. The van der Waals surface area contributed by atoms with Crippen molar-refractivity contribution in [1.29, 1.82) is 0 Å². The van der Waals surface area contributed by atoms with Gasteiger partial charge in [-0.1, -0.05) is 31.9 Å². The van der Waals surface area contributed by atoms with Crippen molar-refractivity contribution in [3.63, 3.8) is 0 Å². The van der Waals surface area contributed by atoms with Gasteiger partial charge in [0.2, 0.25) is 0 Å². The molecule has 0 N–H and O–H groups in total. The van der Waals surface area contributed by atoms with Crippen LogP contribution in [-0.4, -0.2) is 39.8 Å². The first-order chi connectivity index (χ1) is 11.6. The molecular formula is C18H27N3O3. The number of carbonyl (C=O) groups is 1. The van der Waals surface area contributed by atoms with E-state index in [2.05, 4.69) is 24.2 Å². The Labute approximate surface area is 143 Å². The van der Waals surface area contributed by atoms with Crippen LogP contribution in [0.3, 0.4) is 0 Å². The fourth-order valence-electron chi connectivity index (χ4n) is 3.18. The second kappa shape index (κ2) is 8.03. The highest BCUT2D eigenvalue weighted by atomic mass is 16.7. The molecule has 1 aliphatic carbocycles. The lowest BCUT2D eigenvalue weighted by atomic mass is 10.1. The third kappa shape index (κ3) is 4.51. The van der Waals surface area contributed by atoms with E-state index in [1.807, 2.05) is 6.20 Å². The molecule has 0 unspecified atom stereocenters. The molecule has 0 amide bonds. The van der Waals surface area contributed by atoms with Crippen molar-refractivity contribution in [2.75, 3.05) is 6.61 Å². The molecule has 0 spiro atoms. The molecule has 3 rings (SSSR count). The average molecular weight is 333 g/mol. The number of carbonyl (C=O) groups excluding carboxylic acids is 1. The van der Waals surface area contributed by atoms with Crippen LogP contribution in [0.15, 0.2) is 18.3 Å². The highest BCUT2D eigenvalue weighted by Gasteiger charge is 2.27. The Morgan fingerprint density at radius 2 is 2.17 bits per heavy atom.